The molecule has 2 aromatic rings. The lowest BCUT2D eigenvalue weighted by atomic mass is 10.1. The second kappa shape index (κ2) is 4.39. The molecule has 1 aromatic heterocycles. The SMILES string of the molecule is CSc1ccc(Cl)c(-c2cc(=O)n(C)[nH]2)c1. The monoisotopic (exact) mass is 254 g/mol. The standard InChI is InChI=1S/C11H11ClN2OS/c1-14-11(15)6-10(13-14)8-5-7(16-2)3-4-9(8)12/h3-6,13H,1-2H3. The zero-order valence-electron chi connectivity index (χ0n) is 8.95. The maximum Gasteiger partial charge on any atom is 0.266 e. The summed E-state index contributed by atoms with van der Waals surface area (Å²) in [6.07, 6.45) is 2.00. The molecule has 0 aliphatic heterocycles. The average molecular weight is 255 g/mol. The lowest BCUT2D eigenvalue weighted by Gasteiger charge is -2.04. The lowest BCUT2D eigenvalue weighted by Crippen LogP contribution is -2.09. The Kier molecular flexibility index (Phi) is 3.12. The second-order valence-electron chi connectivity index (χ2n) is 3.41. The number of thioether (sulfide) groups is 1. The fourth-order valence-electron chi connectivity index (χ4n) is 1.46. The second-order valence-corrected chi connectivity index (χ2v) is 4.70. The van der Waals surface area contributed by atoms with E-state index in [1.165, 1.54) is 4.68 Å². The summed E-state index contributed by atoms with van der Waals surface area (Å²) in [4.78, 5) is 12.5. The van der Waals surface area contributed by atoms with Gasteiger partial charge in [0.2, 0.25) is 0 Å². The van der Waals surface area contributed by atoms with E-state index in [2.05, 4.69) is 5.10 Å². The van der Waals surface area contributed by atoms with E-state index in [1.807, 2.05) is 24.5 Å². The van der Waals surface area contributed by atoms with E-state index < -0.39 is 0 Å². The first kappa shape index (κ1) is 11.4. The van der Waals surface area contributed by atoms with E-state index >= 15 is 0 Å². The smallest absolute Gasteiger partial charge is 0.266 e. The third-order valence-electron chi connectivity index (χ3n) is 2.35. The highest BCUT2D eigenvalue weighted by molar-refractivity contribution is 7.98. The predicted octanol–water partition coefficient (Wildman–Crippen LogP) is 2.76. The molecule has 84 valence electrons. The fraction of sp³-hybridized carbons (Fsp3) is 0.182. The molecule has 0 atom stereocenters. The van der Waals surface area contributed by atoms with Crippen molar-refractivity contribution in [2.45, 2.75) is 4.90 Å². The minimum atomic E-state index is -0.0689. The van der Waals surface area contributed by atoms with Crippen LogP contribution in [0.15, 0.2) is 34.0 Å². The van der Waals surface area contributed by atoms with Crippen LogP contribution in [0.3, 0.4) is 0 Å². The van der Waals surface area contributed by atoms with Crippen LogP contribution in [-0.2, 0) is 7.05 Å². The van der Waals surface area contributed by atoms with Crippen molar-refractivity contribution in [2.75, 3.05) is 6.26 Å². The van der Waals surface area contributed by atoms with Gasteiger partial charge in [-0.1, -0.05) is 11.6 Å². The Bertz CT molecular complexity index is 574. The first-order valence-electron chi connectivity index (χ1n) is 4.72. The third kappa shape index (κ3) is 2.03. The molecule has 1 N–H and O–H groups in total. The van der Waals surface area contributed by atoms with E-state index in [-0.39, 0.29) is 5.56 Å². The number of aryl methyl sites for hydroxylation is 1. The van der Waals surface area contributed by atoms with Crippen LogP contribution in [0.5, 0.6) is 0 Å². The molecule has 16 heavy (non-hydrogen) atoms. The number of H-pyrrole nitrogens is 1. The number of rotatable bonds is 2. The van der Waals surface area contributed by atoms with Gasteiger partial charge in [-0.25, -0.2) is 0 Å². The Hall–Kier alpha value is -1.13. The Balaban J connectivity index is 2.58. The molecule has 0 radical (unpaired) electrons. The molecule has 1 aromatic carbocycles. The van der Waals surface area contributed by atoms with Crippen molar-refractivity contribution in [3.8, 4) is 11.3 Å². The summed E-state index contributed by atoms with van der Waals surface area (Å²) < 4.78 is 1.43. The van der Waals surface area contributed by atoms with Crippen LogP contribution in [0.2, 0.25) is 5.02 Å². The largest absolute Gasteiger partial charge is 0.295 e. The first-order valence-corrected chi connectivity index (χ1v) is 6.32. The number of aromatic nitrogens is 2. The number of aromatic amines is 1. The average Bonchev–Trinajstić information content (AvgIpc) is 2.60. The van der Waals surface area contributed by atoms with Crippen molar-refractivity contribution >= 4 is 23.4 Å². The number of benzene rings is 1. The minimum Gasteiger partial charge on any atom is -0.295 e. The molecule has 1 heterocycles. The zero-order chi connectivity index (χ0) is 11.7. The van der Waals surface area contributed by atoms with Gasteiger partial charge in [0.05, 0.1) is 10.7 Å². The lowest BCUT2D eigenvalue weighted by molar-refractivity contribution is 0.742. The summed E-state index contributed by atoms with van der Waals surface area (Å²) in [7, 11) is 1.68. The summed E-state index contributed by atoms with van der Waals surface area (Å²) in [6.45, 7) is 0. The molecular formula is C11H11ClN2OS. The number of nitrogens with one attached hydrogen (secondary N) is 1. The van der Waals surface area contributed by atoms with Gasteiger partial charge in [0, 0.05) is 23.6 Å². The molecule has 2 rings (SSSR count). The molecule has 0 fully saturated rings. The van der Waals surface area contributed by atoms with Crippen molar-refractivity contribution in [3.05, 3.63) is 39.6 Å². The highest BCUT2D eigenvalue weighted by Gasteiger charge is 2.08. The van der Waals surface area contributed by atoms with E-state index in [9.17, 15) is 4.79 Å². The Morgan fingerprint density at radius 2 is 2.12 bits per heavy atom. The van der Waals surface area contributed by atoms with Crippen molar-refractivity contribution in [1.29, 1.82) is 0 Å². The highest BCUT2D eigenvalue weighted by Crippen LogP contribution is 2.29. The van der Waals surface area contributed by atoms with Gasteiger partial charge in [0.25, 0.3) is 5.56 Å². The summed E-state index contributed by atoms with van der Waals surface area (Å²) in [5.74, 6) is 0. The van der Waals surface area contributed by atoms with Crippen molar-refractivity contribution < 1.29 is 0 Å². The van der Waals surface area contributed by atoms with Gasteiger partial charge >= 0.3 is 0 Å². The maximum atomic E-state index is 11.4. The topological polar surface area (TPSA) is 37.8 Å². The molecule has 3 nitrogen and oxygen atoms in total. The van der Waals surface area contributed by atoms with Crippen LogP contribution in [0.25, 0.3) is 11.3 Å². The summed E-state index contributed by atoms with van der Waals surface area (Å²) >= 11 is 7.75. The van der Waals surface area contributed by atoms with Crippen molar-refractivity contribution in [2.24, 2.45) is 7.05 Å². The van der Waals surface area contributed by atoms with Gasteiger partial charge in [-0.15, -0.1) is 11.8 Å². The summed E-state index contributed by atoms with van der Waals surface area (Å²) in [5.41, 5.74) is 1.53. The zero-order valence-corrected chi connectivity index (χ0v) is 10.5. The predicted molar refractivity (Wildman–Crippen MR) is 68.3 cm³/mol. The van der Waals surface area contributed by atoms with Crippen LogP contribution in [0.4, 0.5) is 0 Å². The third-order valence-corrected chi connectivity index (χ3v) is 3.41. The normalized spacial score (nSPS) is 10.7. The molecule has 0 amide bonds. The molecule has 0 saturated carbocycles. The van der Waals surface area contributed by atoms with Crippen molar-refractivity contribution in [3.63, 3.8) is 0 Å². The van der Waals surface area contributed by atoms with E-state index in [1.54, 1.807) is 24.9 Å². The fourth-order valence-corrected chi connectivity index (χ4v) is 2.12. The first-order chi connectivity index (χ1) is 7.61. The van der Waals surface area contributed by atoms with Crippen LogP contribution < -0.4 is 5.56 Å². The van der Waals surface area contributed by atoms with E-state index in [0.29, 0.717) is 5.02 Å². The number of hydrogen-bond acceptors (Lipinski definition) is 2. The molecule has 0 spiro atoms. The number of hydrogen-bond donors (Lipinski definition) is 1. The van der Waals surface area contributed by atoms with E-state index in [0.717, 1.165) is 16.2 Å². The Morgan fingerprint density at radius 1 is 1.38 bits per heavy atom. The van der Waals surface area contributed by atoms with Crippen molar-refractivity contribution in [1.82, 2.24) is 9.78 Å². The molecule has 0 aliphatic rings. The van der Waals surface area contributed by atoms with Crippen LogP contribution in [0.1, 0.15) is 0 Å². The molecule has 0 aliphatic carbocycles. The summed E-state index contributed by atoms with van der Waals surface area (Å²) in [5, 5.41) is 3.60. The van der Waals surface area contributed by atoms with Gasteiger partial charge in [-0.2, -0.15) is 0 Å². The van der Waals surface area contributed by atoms with E-state index in [4.69, 9.17) is 11.6 Å². The van der Waals surface area contributed by atoms with Crippen LogP contribution >= 0.6 is 23.4 Å². The van der Waals surface area contributed by atoms with Crippen LogP contribution in [0, 0.1) is 0 Å². The molecule has 0 unspecified atom stereocenters. The van der Waals surface area contributed by atoms with Gasteiger partial charge in [0.1, 0.15) is 0 Å². The highest BCUT2D eigenvalue weighted by atomic mass is 35.5. The van der Waals surface area contributed by atoms with Gasteiger partial charge in [-0.05, 0) is 24.5 Å². The van der Waals surface area contributed by atoms with Crippen LogP contribution in [-0.4, -0.2) is 16.0 Å². The van der Waals surface area contributed by atoms with Gasteiger partial charge < -0.3 is 0 Å². The maximum absolute atomic E-state index is 11.4. The quantitative estimate of drug-likeness (QED) is 0.837. The Morgan fingerprint density at radius 3 is 2.69 bits per heavy atom. The number of nitrogens with zero attached hydrogens (tertiary/aromatic N) is 1. The minimum absolute atomic E-state index is 0.0689. The molecule has 0 bridgehead atoms. The molecular weight excluding hydrogens is 244 g/mol. The summed E-state index contributed by atoms with van der Waals surface area (Å²) in [6, 6.07) is 7.31. The van der Waals surface area contributed by atoms with Gasteiger partial charge in [-0.3, -0.25) is 14.6 Å². The Labute approximate surface area is 102 Å². The van der Waals surface area contributed by atoms with Gasteiger partial charge in [0.15, 0.2) is 0 Å². The molecule has 5 heteroatoms. The number of halogens is 1. The molecule has 0 saturated heterocycles.